The van der Waals surface area contributed by atoms with Crippen LogP contribution in [0.2, 0.25) is 0 Å². The fourth-order valence-electron chi connectivity index (χ4n) is 2.60. The molecule has 0 fully saturated rings. The van der Waals surface area contributed by atoms with Gasteiger partial charge in [-0.3, -0.25) is 5.41 Å². The van der Waals surface area contributed by atoms with Crippen molar-refractivity contribution < 1.29 is 9.47 Å². The smallest absolute Gasteiger partial charge is 0.293 e. The molecule has 0 aliphatic carbocycles. The van der Waals surface area contributed by atoms with Crippen LogP contribution < -0.4 is 10.5 Å². The summed E-state index contributed by atoms with van der Waals surface area (Å²) in [6.45, 7) is 1.92. The van der Waals surface area contributed by atoms with Crippen molar-refractivity contribution in [1.29, 1.82) is 5.41 Å². The first-order valence-corrected chi connectivity index (χ1v) is 8.37. The summed E-state index contributed by atoms with van der Waals surface area (Å²) < 4.78 is 12.6. The van der Waals surface area contributed by atoms with Gasteiger partial charge in [-0.05, 0) is 24.6 Å². The summed E-state index contributed by atoms with van der Waals surface area (Å²) in [6, 6.07) is 14.9. The van der Waals surface area contributed by atoms with Gasteiger partial charge in [0.15, 0.2) is 5.90 Å². The van der Waals surface area contributed by atoms with E-state index in [-0.39, 0.29) is 11.9 Å². The Morgan fingerprint density at radius 1 is 1.22 bits per heavy atom. The van der Waals surface area contributed by atoms with Crippen LogP contribution in [-0.2, 0) is 11.2 Å². The van der Waals surface area contributed by atoms with Crippen LogP contribution in [0.15, 0.2) is 66.0 Å². The van der Waals surface area contributed by atoms with E-state index in [2.05, 4.69) is 9.98 Å². The highest BCUT2D eigenvalue weighted by molar-refractivity contribution is 5.90. The maximum absolute atomic E-state index is 7.93. The molecule has 0 unspecified atom stereocenters. The van der Waals surface area contributed by atoms with Gasteiger partial charge in [0.1, 0.15) is 5.75 Å². The van der Waals surface area contributed by atoms with Gasteiger partial charge in [-0.15, -0.1) is 0 Å². The van der Waals surface area contributed by atoms with Crippen molar-refractivity contribution in [3.8, 4) is 11.4 Å². The monoisotopic (exact) mass is 363 g/mol. The first-order valence-electron chi connectivity index (χ1n) is 8.37. The molecular weight excluding hydrogens is 342 g/mol. The fraction of sp³-hybridized carbons (Fsp3) is 0.150. The normalized spacial score (nSPS) is 11.3. The van der Waals surface area contributed by atoms with Gasteiger partial charge in [-0.1, -0.05) is 30.3 Å². The third kappa shape index (κ3) is 4.72. The number of ether oxygens (including phenoxy) is 2. The van der Waals surface area contributed by atoms with Crippen molar-refractivity contribution in [3.63, 3.8) is 0 Å². The van der Waals surface area contributed by atoms with E-state index < -0.39 is 0 Å². The lowest BCUT2D eigenvalue weighted by molar-refractivity contribution is 0.413. The third-order valence-corrected chi connectivity index (χ3v) is 3.83. The highest BCUT2D eigenvalue weighted by atomic mass is 16.5. The summed E-state index contributed by atoms with van der Waals surface area (Å²) in [6.07, 6.45) is 3.97. The van der Waals surface area contributed by atoms with Crippen LogP contribution in [0.5, 0.6) is 5.75 Å². The van der Waals surface area contributed by atoms with Gasteiger partial charge in [0.2, 0.25) is 0 Å². The number of nitrogens with one attached hydrogen (secondary N) is 1. The average molecular weight is 363 g/mol. The molecule has 3 aromatic rings. The predicted molar refractivity (Wildman–Crippen MR) is 105 cm³/mol. The van der Waals surface area contributed by atoms with Crippen LogP contribution in [0.1, 0.15) is 11.3 Å². The number of aromatic nitrogens is 2. The van der Waals surface area contributed by atoms with Crippen LogP contribution in [0.3, 0.4) is 0 Å². The second-order valence-corrected chi connectivity index (χ2v) is 5.92. The molecule has 1 aromatic heterocycles. The molecule has 0 saturated carbocycles. The minimum absolute atomic E-state index is 0.0277. The lowest BCUT2D eigenvalue weighted by Gasteiger charge is -2.10. The Labute approximate surface area is 157 Å². The van der Waals surface area contributed by atoms with Gasteiger partial charge < -0.3 is 19.8 Å². The second kappa shape index (κ2) is 8.18. The number of hydrogen-bond donors (Lipinski definition) is 2. The highest BCUT2D eigenvalue weighted by Gasteiger charge is 2.08. The molecule has 3 rings (SSSR count). The van der Waals surface area contributed by atoms with Gasteiger partial charge >= 0.3 is 0 Å². The summed E-state index contributed by atoms with van der Waals surface area (Å²) in [5.74, 6) is 0.653. The van der Waals surface area contributed by atoms with Crippen molar-refractivity contribution in [2.45, 2.75) is 13.3 Å². The number of benzene rings is 2. The largest absolute Gasteiger partial charge is 0.494 e. The zero-order chi connectivity index (χ0) is 19.2. The molecule has 138 valence electrons. The molecule has 0 saturated heterocycles. The Bertz CT molecular complexity index is 964. The number of aryl methyl sites for hydroxylation is 1. The van der Waals surface area contributed by atoms with Crippen LogP contribution in [0, 0.1) is 12.3 Å². The predicted octanol–water partition coefficient (Wildman–Crippen LogP) is 3.37. The number of imidazole rings is 1. The zero-order valence-corrected chi connectivity index (χ0v) is 15.2. The Morgan fingerprint density at radius 2 is 2.00 bits per heavy atom. The van der Waals surface area contributed by atoms with E-state index in [1.807, 2.05) is 54.1 Å². The molecule has 0 bridgehead atoms. The SMILES string of the molecule is COc1cc(N=C(N)OC(=N)Cc2ccccc2)ccc1-n1cnc(C)c1. The number of amidine groups is 1. The number of aliphatic imine (C=N–C) groups is 1. The van der Waals surface area contributed by atoms with Crippen molar-refractivity contribution >= 4 is 17.6 Å². The molecule has 0 atom stereocenters. The summed E-state index contributed by atoms with van der Waals surface area (Å²) in [7, 11) is 1.59. The Morgan fingerprint density at radius 3 is 2.67 bits per heavy atom. The summed E-state index contributed by atoms with van der Waals surface area (Å²) >= 11 is 0. The van der Waals surface area contributed by atoms with Crippen molar-refractivity contribution in [1.82, 2.24) is 9.55 Å². The minimum atomic E-state index is -0.0933. The third-order valence-electron chi connectivity index (χ3n) is 3.83. The molecule has 1 heterocycles. The number of methoxy groups -OCH3 is 1. The summed E-state index contributed by atoms with van der Waals surface area (Å²) in [4.78, 5) is 8.44. The molecule has 0 aliphatic heterocycles. The Hall–Kier alpha value is -3.61. The number of nitrogens with two attached hydrogens (primary N) is 1. The van der Waals surface area contributed by atoms with E-state index in [4.69, 9.17) is 20.6 Å². The van der Waals surface area contributed by atoms with Gasteiger partial charge in [0, 0.05) is 18.7 Å². The average Bonchev–Trinajstić information content (AvgIpc) is 3.08. The Balaban J connectivity index is 1.72. The van der Waals surface area contributed by atoms with E-state index in [1.165, 1.54) is 0 Å². The minimum Gasteiger partial charge on any atom is -0.494 e. The molecular formula is C20H21N5O2. The molecule has 2 aromatic carbocycles. The van der Waals surface area contributed by atoms with Gasteiger partial charge in [-0.2, -0.15) is 4.99 Å². The van der Waals surface area contributed by atoms with Gasteiger partial charge in [0.25, 0.3) is 6.02 Å². The van der Waals surface area contributed by atoms with E-state index in [1.54, 1.807) is 25.6 Å². The molecule has 27 heavy (non-hydrogen) atoms. The molecule has 7 heteroatoms. The highest BCUT2D eigenvalue weighted by Crippen LogP contribution is 2.28. The second-order valence-electron chi connectivity index (χ2n) is 5.92. The first kappa shape index (κ1) is 18.2. The number of nitrogens with zero attached hydrogens (tertiary/aromatic N) is 3. The van der Waals surface area contributed by atoms with E-state index in [0.717, 1.165) is 16.9 Å². The van der Waals surface area contributed by atoms with Gasteiger partial charge in [-0.25, -0.2) is 4.98 Å². The van der Waals surface area contributed by atoms with Crippen LogP contribution in [-0.4, -0.2) is 28.6 Å². The van der Waals surface area contributed by atoms with Crippen LogP contribution in [0.25, 0.3) is 5.69 Å². The lowest BCUT2D eigenvalue weighted by Crippen LogP contribution is -2.21. The standard InChI is InChI=1S/C20H21N5O2/c1-14-12-25(13-23-14)17-9-8-16(11-18(17)26-2)24-20(22)27-19(21)10-15-6-4-3-5-7-15/h3-9,11-13,21H,10H2,1-2H3,(H2,22,24). The van der Waals surface area contributed by atoms with E-state index in [9.17, 15) is 0 Å². The molecule has 0 amide bonds. The molecule has 0 aliphatic rings. The Kier molecular flexibility index (Phi) is 5.51. The molecule has 0 radical (unpaired) electrons. The van der Waals surface area contributed by atoms with Crippen molar-refractivity contribution in [2.24, 2.45) is 10.7 Å². The number of rotatable bonds is 5. The molecule has 7 nitrogen and oxygen atoms in total. The lowest BCUT2D eigenvalue weighted by atomic mass is 10.1. The topological polar surface area (TPSA) is 98.5 Å². The first-order chi connectivity index (χ1) is 13.0. The molecule has 0 spiro atoms. The quantitative estimate of drug-likeness (QED) is 0.536. The summed E-state index contributed by atoms with van der Waals surface area (Å²) in [5.41, 5.74) is 9.12. The van der Waals surface area contributed by atoms with Crippen molar-refractivity contribution in [3.05, 3.63) is 72.3 Å². The van der Waals surface area contributed by atoms with E-state index >= 15 is 0 Å². The number of hydrogen-bond acceptors (Lipinski definition) is 5. The van der Waals surface area contributed by atoms with Crippen LogP contribution >= 0.6 is 0 Å². The summed E-state index contributed by atoms with van der Waals surface area (Å²) in [5, 5.41) is 7.93. The van der Waals surface area contributed by atoms with Crippen LogP contribution in [0.4, 0.5) is 5.69 Å². The maximum atomic E-state index is 7.93. The molecule has 3 N–H and O–H groups in total. The maximum Gasteiger partial charge on any atom is 0.293 e. The van der Waals surface area contributed by atoms with Gasteiger partial charge in [0.05, 0.1) is 30.5 Å². The van der Waals surface area contributed by atoms with E-state index in [0.29, 0.717) is 17.9 Å². The fourth-order valence-corrected chi connectivity index (χ4v) is 2.60. The van der Waals surface area contributed by atoms with Crippen molar-refractivity contribution in [2.75, 3.05) is 7.11 Å². The zero-order valence-electron chi connectivity index (χ0n) is 15.2.